The Morgan fingerprint density at radius 2 is 1.53 bits per heavy atom. The maximum atomic E-state index is 3.71. The number of rotatable bonds is 7. The van der Waals surface area contributed by atoms with E-state index in [1.54, 1.807) is 0 Å². The van der Waals surface area contributed by atoms with Crippen molar-refractivity contribution in [2.45, 2.75) is 53.0 Å². The maximum absolute atomic E-state index is 3.71. The van der Waals surface area contributed by atoms with Gasteiger partial charge in [-0.3, -0.25) is 0 Å². The van der Waals surface area contributed by atoms with E-state index in [-0.39, 0.29) is 0 Å². The molecule has 0 aliphatic rings. The van der Waals surface area contributed by atoms with Gasteiger partial charge in [-0.15, -0.1) is 0 Å². The van der Waals surface area contributed by atoms with Gasteiger partial charge in [0.15, 0.2) is 0 Å². The molecule has 1 aromatic rings. The van der Waals surface area contributed by atoms with Crippen LogP contribution in [-0.2, 0) is 0 Å². The van der Waals surface area contributed by atoms with E-state index in [9.17, 15) is 0 Å². The van der Waals surface area contributed by atoms with Crippen LogP contribution in [0.15, 0.2) is 24.3 Å². The van der Waals surface area contributed by atoms with Crippen LogP contribution in [0, 0.1) is 12.8 Å². The second kappa shape index (κ2) is 7.50. The minimum Gasteiger partial charge on any atom is -0.310 e. The van der Waals surface area contributed by atoms with Crippen LogP contribution in [0.3, 0.4) is 0 Å². The van der Waals surface area contributed by atoms with E-state index in [1.807, 2.05) is 0 Å². The van der Waals surface area contributed by atoms with Crippen molar-refractivity contribution in [2.24, 2.45) is 5.92 Å². The van der Waals surface area contributed by atoms with Crippen LogP contribution in [0.5, 0.6) is 0 Å². The fraction of sp³-hybridized carbons (Fsp3) is 0.625. The number of hydrogen-bond acceptors (Lipinski definition) is 1. The number of hydrogen-bond donors (Lipinski definition) is 1. The van der Waals surface area contributed by atoms with Gasteiger partial charge in [0.25, 0.3) is 0 Å². The van der Waals surface area contributed by atoms with E-state index >= 15 is 0 Å². The van der Waals surface area contributed by atoms with Gasteiger partial charge >= 0.3 is 0 Å². The summed E-state index contributed by atoms with van der Waals surface area (Å²) in [7, 11) is 0. The van der Waals surface area contributed by atoms with Gasteiger partial charge in [-0.05, 0) is 31.4 Å². The Morgan fingerprint density at radius 3 is 2.00 bits per heavy atom. The predicted molar refractivity (Wildman–Crippen MR) is 76.3 cm³/mol. The molecule has 0 aliphatic heterocycles. The van der Waals surface area contributed by atoms with Crippen molar-refractivity contribution in [3.8, 4) is 0 Å². The quantitative estimate of drug-likeness (QED) is 0.732. The summed E-state index contributed by atoms with van der Waals surface area (Å²) in [4.78, 5) is 0. The van der Waals surface area contributed by atoms with Crippen LogP contribution in [0.1, 0.15) is 57.2 Å². The molecule has 0 heterocycles. The lowest BCUT2D eigenvalue weighted by atomic mass is 10.00. The Labute approximate surface area is 107 Å². The Morgan fingerprint density at radius 1 is 0.941 bits per heavy atom. The van der Waals surface area contributed by atoms with Crippen molar-refractivity contribution < 1.29 is 0 Å². The summed E-state index contributed by atoms with van der Waals surface area (Å²) < 4.78 is 0. The molecule has 96 valence electrons. The lowest BCUT2D eigenvalue weighted by Crippen LogP contribution is -2.26. The number of benzene rings is 1. The van der Waals surface area contributed by atoms with Gasteiger partial charge in [-0.25, -0.2) is 0 Å². The highest BCUT2D eigenvalue weighted by Gasteiger charge is 2.10. The SMILES string of the molecule is CCC(CC)CNC(CC)c1ccc(C)cc1. The maximum Gasteiger partial charge on any atom is 0.0317 e. The summed E-state index contributed by atoms with van der Waals surface area (Å²) in [6, 6.07) is 9.43. The zero-order chi connectivity index (χ0) is 12.7. The Balaban J connectivity index is 2.56. The van der Waals surface area contributed by atoms with Crippen LogP contribution >= 0.6 is 0 Å². The molecular weight excluding hydrogens is 206 g/mol. The van der Waals surface area contributed by atoms with Crippen molar-refractivity contribution in [3.63, 3.8) is 0 Å². The third-order valence-electron chi connectivity index (χ3n) is 3.70. The highest BCUT2D eigenvalue weighted by Crippen LogP contribution is 2.18. The van der Waals surface area contributed by atoms with Crippen molar-refractivity contribution in [3.05, 3.63) is 35.4 Å². The summed E-state index contributed by atoms with van der Waals surface area (Å²) in [6.45, 7) is 10.1. The minimum absolute atomic E-state index is 0.510. The molecular formula is C16H27N. The van der Waals surface area contributed by atoms with Crippen LogP contribution in [0.4, 0.5) is 0 Å². The normalized spacial score (nSPS) is 13.0. The smallest absolute Gasteiger partial charge is 0.0317 e. The topological polar surface area (TPSA) is 12.0 Å². The molecule has 1 nitrogen and oxygen atoms in total. The summed E-state index contributed by atoms with van der Waals surface area (Å²) in [6.07, 6.45) is 3.70. The van der Waals surface area contributed by atoms with Gasteiger partial charge in [-0.1, -0.05) is 63.4 Å². The van der Waals surface area contributed by atoms with E-state index in [0.29, 0.717) is 6.04 Å². The second-order valence-corrected chi connectivity index (χ2v) is 4.96. The first kappa shape index (κ1) is 14.2. The average molecular weight is 233 g/mol. The van der Waals surface area contributed by atoms with E-state index in [2.05, 4.69) is 57.3 Å². The van der Waals surface area contributed by atoms with E-state index in [0.717, 1.165) is 18.9 Å². The zero-order valence-corrected chi connectivity index (χ0v) is 11.8. The number of aryl methyl sites for hydroxylation is 1. The van der Waals surface area contributed by atoms with Crippen molar-refractivity contribution in [2.75, 3.05) is 6.54 Å². The first-order valence-corrected chi connectivity index (χ1v) is 7.01. The van der Waals surface area contributed by atoms with Crippen LogP contribution in [0.25, 0.3) is 0 Å². The van der Waals surface area contributed by atoms with Crippen molar-refractivity contribution in [1.82, 2.24) is 5.32 Å². The Kier molecular flexibility index (Phi) is 6.28. The Bertz CT molecular complexity index is 298. The van der Waals surface area contributed by atoms with Crippen molar-refractivity contribution in [1.29, 1.82) is 0 Å². The predicted octanol–water partition coefficient (Wildman–Crippen LogP) is 4.47. The number of nitrogens with one attached hydrogen (secondary N) is 1. The standard InChI is InChI=1S/C16H27N/c1-5-14(6-2)12-17-16(7-3)15-10-8-13(4)9-11-15/h8-11,14,16-17H,5-7,12H2,1-4H3. The van der Waals surface area contributed by atoms with Crippen molar-refractivity contribution >= 4 is 0 Å². The molecule has 0 spiro atoms. The van der Waals surface area contributed by atoms with Crippen LogP contribution in [0.2, 0.25) is 0 Å². The molecule has 0 fully saturated rings. The highest BCUT2D eigenvalue weighted by molar-refractivity contribution is 5.24. The summed E-state index contributed by atoms with van der Waals surface area (Å²) >= 11 is 0. The fourth-order valence-corrected chi connectivity index (χ4v) is 2.18. The molecule has 0 aliphatic carbocycles. The lowest BCUT2D eigenvalue weighted by molar-refractivity contribution is 0.406. The fourth-order valence-electron chi connectivity index (χ4n) is 2.18. The third kappa shape index (κ3) is 4.51. The molecule has 1 rings (SSSR count). The average Bonchev–Trinajstić information content (AvgIpc) is 2.36. The van der Waals surface area contributed by atoms with Crippen LogP contribution < -0.4 is 5.32 Å². The van der Waals surface area contributed by atoms with E-state index < -0.39 is 0 Å². The molecule has 0 saturated heterocycles. The molecule has 0 aromatic heterocycles. The molecule has 17 heavy (non-hydrogen) atoms. The monoisotopic (exact) mass is 233 g/mol. The first-order chi connectivity index (χ1) is 8.21. The molecule has 0 bridgehead atoms. The van der Waals surface area contributed by atoms with Gasteiger partial charge in [-0.2, -0.15) is 0 Å². The van der Waals surface area contributed by atoms with Gasteiger partial charge in [0.05, 0.1) is 0 Å². The van der Waals surface area contributed by atoms with Gasteiger partial charge in [0.1, 0.15) is 0 Å². The van der Waals surface area contributed by atoms with Gasteiger partial charge < -0.3 is 5.32 Å². The molecule has 1 heteroatoms. The molecule has 1 atom stereocenters. The summed E-state index contributed by atoms with van der Waals surface area (Å²) in [5.74, 6) is 0.814. The summed E-state index contributed by atoms with van der Waals surface area (Å²) in [5, 5.41) is 3.71. The molecule has 0 saturated carbocycles. The largest absolute Gasteiger partial charge is 0.310 e. The van der Waals surface area contributed by atoms with Gasteiger partial charge in [0, 0.05) is 6.04 Å². The third-order valence-corrected chi connectivity index (χ3v) is 3.70. The molecule has 1 unspecified atom stereocenters. The lowest BCUT2D eigenvalue weighted by Gasteiger charge is -2.21. The van der Waals surface area contributed by atoms with Crippen LogP contribution in [-0.4, -0.2) is 6.54 Å². The molecule has 1 aromatic carbocycles. The van der Waals surface area contributed by atoms with E-state index in [1.165, 1.54) is 24.0 Å². The summed E-state index contributed by atoms with van der Waals surface area (Å²) in [5.41, 5.74) is 2.76. The molecule has 0 radical (unpaired) electrons. The minimum atomic E-state index is 0.510. The Hall–Kier alpha value is -0.820. The molecule has 1 N–H and O–H groups in total. The highest BCUT2D eigenvalue weighted by atomic mass is 14.9. The molecule has 0 amide bonds. The second-order valence-electron chi connectivity index (χ2n) is 4.96. The first-order valence-electron chi connectivity index (χ1n) is 7.01. The van der Waals surface area contributed by atoms with Gasteiger partial charge in [0.2, 0.25) is 0 Å². The van der Waals surface area contributed by atoms with E-state index in [4.69, 9.17) is 0 Å². The zero-order valence-electron chi connectivity index (χ0n) is 11.8.